The molecule has 0 aliphatic carbocycles. The molecule has 8 heteroatoms. The maximum atomic E-state index is 12.2. The first kappa shape index (κ1) is 19.2. The first-order chi connectivity index (χ1) is 14.2. The number of carbonyl (C=O) groups excluding carboxylic acids is 1. The molecule has 4 rings (SSSR count). The zero-order chi connectivity index (χ0) is 20.1. The van der Waals surface area contributed by atoms with Crippen molar-refractivity contribution in [2.24, 2.45) is 0 Å². The van der Waals surface area contributed by atoms with Gasteiger partial charge in [0.05, 0.1) is 17.6 Å². The van der Waals surface area contributed by atoms with Gasteiger partial charge < -0.3 is 5.32 Å². The van der Waals surface area contributed by atoms with Gasteiger partial charge in [0.25, 0.3) is 0 Å². The predicted molar refractivity (Wildman–Crippen MR) is 117 cm³/mol. The number of thioether (sulfide) groups is 1. The van der Waals surface area contributed by atoms with Gasteiger partial charge >= 0.3 is 0 Å². The summed E-state index contributed by atoms with van der Waals surface area (Å²) >= 11 is 2.64. The number of nitrogens with zero attached hydrogens (tertiary/aromatic N) is 4. The Morgan fingerprint density at radius 1 is 1.00 bits per heavy atom. The van der Waals surface area contributed by atoms with Crippen LogP contribution in [0, 0.1) is 6.92 Å². The van der Waals surface area contributed by atoms with Crippen LogP contribution in [0.5, 0.6) is 0 Å². The fourth-order valence-electron chi connectivity index (χ4n) is 2.55. The Balaban J connectivity index is 1.32. The van der Waals surface area contributed by atoms with Gasteiger partial charge in [-0.2, -0.15) is 0 Å². The largest absolute Gasteiger partial charge is 0.301 e. The van der Waals surface area contributed by atoms with E-state index in [-0.39, 0.29) is 11.7 Å². The second-order valence-electron chi connectivity index (χ2n) is 6.23. The summed E-state index contributed by atoms with van der Waals surface area (Å²) in [5, 5.41) is 14.1. The average Bonchev–Trinajstić information content (AvgIpc) is 3.22. The Labute approximate surface area is 176 Å². The first-order valence-corrected chi connectivity index (χ1v) is 10.7. The SMILES string of the molecule is Cc1ccc(-c2csc(NC(=O)CSc3ncc(-c4ccccc4)nn3)n2)cc1. The summed E-state index contributed by atoms with van der Waals surface area (Å²) in [5.74, 6) is 0.0294. The Bertz CT molecular complexity index is 1100. The zero-order valence-electron chi connectivity index (χ0n) is 15.6. The summed E-state index contributed by atoms with van der Waals surface area (Å²) in [7, 11) is 0. The molecule has 2 aromatic carbocycles. The number of aromatic nitrogens is 4. The molecular weight excluding hydrogens is 402 g/mol. The Morgan fingerprint density at radius 3 is 2.48 bits per heavy atom. The minimum absolute atomic E-state index is 0.157. The number of rotatable bonds is 6. The number of thiazole rings is 1. The lowest BCUT2D eigenvalue weighted by Crippen LogP contribution is -2.14. The number of aryl methyl sites for hydroxylation is 1. The molecule has 1 N–H and O–H groups in total. The number of amides is 1. The third-order valence-corrected chi connectivity index (χ3v) is 5.65. The Hall–Kier alpha value is -3.10. The minimum Gasteiger partial charge on any atom is -0.301 e. The van der Waals surface area contributed by atoms with Gasteiger partial charge in [0.2, 0.25) is 11.1 Å². The molecule has 144 valence electrons. The maximum absolute atomic E-state index is 12.2. The van der Waals surface area contributed by atoms with E-state index in [2.05, 4.69) is 25.5 Å². The van der Waals surface area contributed by atoms with E-state index in [9.17, 15) is 4.79 Å². The number of benzene rings is 2. The lowest BCUT2D eigenvalue weighted by molar-refractivity contribution is -0.113. The first-order valence-electron chi connectivity index (χ1n) is 8.88. The molecule has 0 spiro atoms. The van der Waals surface area contributed by atoms with Gasteiger partial charge in [-0.1, -0.05) is 71.9 Å². The second-order valence-corrected chi connectivity index (χ2v) is 8.03. The molecule has 29 heavy (non-hydrogen) atoms. The molecule has 1 amide bonds. The molecule has 0 atom stereocenters. The van der Waals surface area contributed by atoms with Crippen LogP contribution in [0.15, 0.2) is 71.3 Å². The van der Waals surface area contributed by atoms with Crippen LogP contribution in [0.25, 0.3) is 22.5 Å². The van der Waals surface area contributed by atoms with Crippen molar-refractivity contribution >= 4 is 34.1 Å². The molecule has 0 radical (unpaired) electrons. The van der Waals surface area contributed by atoms with Crippen molar-refractivity contribution in [3.05, 3.63) is 71.7 Å². The highest BCUT2D eigenvalue weighted by molar-refractivity contribution is 7.99. The van der Waals surface area contributed by atoms with Gasteiger partial charge in [0.1, 0.15) is 5.69 Å². The summed E-state index contributed by atoms with van der Waals surface area (Å²) < 4.78 is 0. The fraction of sp³-hybridized carbons (Fsp3) is 0.0952. The van der Waals surface area contributed by atoms with Crippen molar-refractivity contribution in [3.8, 4) is 22.5 Å². The normalized spacial score (nSPS) is 10.7. The lowest BCUT2D eigenvalue weighted by atomic mass is 10.1. The van der Waals surface area contributed by atoms with Gasteiger partial charge in [-0.15, -0.1) is 21.5 Å². The minimum atomic E-state index is -0.157. The van der Waals surface area contributed by atoms with E-state index in [1.165, 1.54) is 28.7 Å². The standard InChI is InChI=1S/C21H17N5OS2/c1-14-7-9-16(10-8-14)18-12-28-21(23-18)24-19(27)13-29-20-22-11-17(25-26-20)15-5-3-2-4-6-15/h2-12H,13H2,1H3,(H,23,24,27). The van der Waals surface area contributed by atoms with Crippen LogP contribution in [0.3, 0.4) is 0 Å². The van der Waals surface area contributed by atoms with E-state index >= 15 is 0 Å². The number of anilines is 1. The molecule has 0 aliphatic heterocycles. The van der Waals surface area contributed by atoms with Gasteiger partial charge in [-0.25, -0.2) is 9.97 Å². The van der Waals surface area contributed by atoms with Gasteiger partial charge in [0, 0.05) is 16.5 Å². The van der Waals surface area contributed by atoms with E-state index in [0.29, 0.717) is 16.0 Å². The van der Waals surface area contributed by atoms with E-state index < -0.39 is 0 Å². The van der Waals surface area contributed by atoms with Crippen LogP contribution >= 0.6 is 23.1 Å². The molecule has 2 heterocycles. The highest BCUT2D eigenvalue weighted by Crippen LogP contribution is 2.25. The topological polar surface area (TPSA) is 80.7 Å². The molecule has 0 unspecified atom stereocenters. The predicted octanol–water partition coefficient (Wildman–Crippen LogP) is 4.70. The van der Waals surface area contributed by atoms with E-state index in [4.69, 9.17) is 0 Å². The molecular formula is C21H17N5OS2. The molecule has 2 aromatic heterocycles. The number of carbonyl (C=O) groups is 1. The van der Waals surface area contributed by atoms with E-state index in [1.54, 1.807) is 6.20 Å². The summed E-state index contributed by atoms with van der Waals surface area (Å²) in [5.41, 5.74) is 4.73. The van der Waals surface area contributed by atoms with Crippen molar-refractivity contribution in [3.63, 3.8) is 0 Å². The molecule has 0 fully saturated rings. The Kier molecular flexibility index (Phi) is 5.92. The van der Waals surface area contributed by atoms with Crippen LogP contribution in [0.1, 0.15) is 5.56 Å². The summed E-state index contributed by atoms with van der Waals surface area (Å²) in [6.45, 7) is 2.04. The van der Waals surface area contributed by atoms with Crippen LogP contribution in [0.2, 0.25) is 0 Å². The van der Waals surface area contributed by atoms with Gasteiger partial charge in [-0.3, -0.25) is 4.79 Å². The smallest absolute Gasteiger partial charge is 0.236 e. The lowest BCUT2D eigenvalue weighted by Gasteiger charge is -2.02. The Morgan fingerprint density at radius 2 is 1.76 bits per heavy atom. The van der Waals surface area contributed by atoms with Crippen LogP contribution in [0.4, 0.5) is 5.13 Å². The fourth-order valence-corrected chi connectivity index (χ4v) is 3.84. The highest BCUT2D eigenvalue weighted by atomic mass is 32.2. The third-order valence-electron chi connectivity index (χ3n) is 4.04. The number of hydrogen-bond donors (Lipinski definition) is 1. The van der Waals surface area contributed by atoms with Gasteiger partial charge in [0.15, 0.2) is 5.13 Å². The van der Waals surface area contributed by atoms with Crippen molar-refractivity contribution in [2.45, 2.75) is 12.1 Å². The number of nitrogens with one attached hydrogen (secondary N) is 1. The van der Waals surface area contributed by atoms with E-state index in [0.717, 1.165) is 16.8 Å². The maximum Gasteiger partial charge on any atom is 0.236 e. The monoisotopic (exact) mass is 419 g/mol. The summed E-state index contributed by atoms with van der Waals surface area (Å²) in [6, 6.07) is 17.8. The van der Waals surface area contributed by atoms with E-state index in [1.807, 2.05) is 66.9 Å². The van der Waals surface area contributed by atoms with Crippen LogP contribution < -0.4 is 5.32 Å². The summed E-state index contributed by atoms with van der Waals surface area (Å²) in [6.07, 6.45) is 1.66. The van der Waals surface area contributed by atoms with Gasteiger partial charge in [-0.05, 0) is 6.92 Å². The molecule has 0 aliphatic rings. The van der Waals surface area contributed by atoms with Crippen LogP contribution in [-0.2, 0) is 4.79 Å². The second kappa shape index (κ2) is 8.93. The number of hydrogen-bond acceptors (Lipinski definition) is 7. The highest BCUT2D eigenvalue weighted by Gasteiger charge is 2.10. The zero-order valence-corrected chi connectivity index (χ0v) is 17.2. The van der Waals surface area contributed by atoms with Crippen molar-refractivity contribution < 1.29 is 4.79 Å². The summed E-state index contributed by atoms with van der Waals surface area (Å²) in [4.78, 5) is 21.0. The van der Waals surface area contributed by atoms with Crippen LogP contribution in [-0.4, -0.2) is 31.8 Å². The average molecular weight is 420 g/mol. The van der Waals surface area contributed by atoms with Crippen molar-refractivity contribution in [2.75, 3.05) is 11.1 Å². The quantitative estimate of drug-likeness (QED) is 0.456. The molecule has 0 saturated heterocycles. The van der Waals surface area contributed by atoms with Crippen molar-refractivity contribution in [1.29, 1.82) is 0 Å². The molecule has 0 bridgehead atoms. The molecule has 4 aromatic rings. The molecule has 6 nitrogen and oxygen atoms in total. The molecule has 0 saturated carbocycles. The third kappa shape index (κ3) is 5.04. The van der Waals surface area contributed by atoms with Crippen molar-refractivity contribution in [1.82, 2.24) is 20.2 Å².